The fourth-order valence-electron chi connectivity index (χ4n) is 2.95. The van der Waals surface area contributed by atoms with Gasteiger partial charge in [0.15, 0.2) is 5.82 Å². The van der Waals surface area contributed by atoms with Gasteiger partial charge in [-0.3, -0.25) is 4.98 Å². The summed E-state index contributed by atoms with van der Waals surface area (Å²) >= 11 is 0. The molecule has 5 heteroatoms. The molecule has 4 rings (SSSR count). The maximum atomic E-state index is 4.44. The van der Waals surface area contributed by atoms with Crippen molar-refractivity contribution in [2.45, 2.75) is 31.8 Å². The molecule has 2 aliphatic rings. The van der Waals surface area contributed by atoms with Crippen molar-refractivity contribution in [2.75, 3.05) is 6.54 Å². The van der Waals surface area contributed by atoms with Crippen LogP contribution < -0.4 is 5.32 Å². The van der Waals surface area contributed by atoms with E-state index in [0.717, 1.165) is 30.4 Å². The van der Waals surface area contributed by atoms with Crippen molar-refractivity contribution in [3.63, 3.8) is 0 Å². The molecule has 19 heavy (non-hydrogen) atoms. The first kappa shape index (κ1) is 11.1. The predicted octanol–water partition coefficient (Wildman–Crippen LogP) is 1.49. The van der Waals surface area contributed by atoms with Gasteiger partial charge in [-0.05, 0) is 24.0 Å². The van der Waals surface area contributed by atoms with Crippen molar-refractivity contribution in [2.24, 2.45) is 5.92 Å². The van der Waals surface area contributed by atoms with Crippen LogP contribution in [-0.2, 0) is 6.54 Å². The van der Waals surface area contributed by atoms with E-state index in [1.165, 1.54) is 12.2 Å². The molecular formula is C14H17N5. The fourth-order valence-corrected chi connectivity index (χ4v) is 2.95. The Balaban J connectivity index is 1.74. The summed E-state index contributed by atoms with van der Waals surface area (Å²) in [6, 6.07) is 4.18. The molecule has 0 amide bonds. The second kappa shape index (κ2) is 4.13. The zero-order valence-electron chi connectivity index (χ0n) is 11.0. The van der Waals surface area contributed by atoms with Crippen molar-refractivity contribution in [3.8, 4) is 0 Å². The number of nitrogens with one attached hydrogen (secondary N) is 1. The lowest BCUT2D eigenvalue weighted by Crippen LogP contribution is -2.35. The lowest BCUT2D eigenvalue weighted by Gasteiger charge is -2.25. The number of fused-ring (bicyclic) bond motifs is 1. The smallest absolute Gasteiger partial charge is 0.154 e. The normalized spacial score (nSPS) is 29.0. The van der Waals surface area contributed by atoms with E-state index in [2.05, 4.69) is 38.1 Å². The van der Waals surface area contributed by atoms with Crippen LogP contribution >= 0.6 is 0 Å². The molecule has 1 fully saturated rings. The van der Waals surface area contributed by atoms with Gasteiger partial charge in [0.05, 0.1) is 6.04 Å². The molecule has 3 atom stereocenters. The highest BCUT2D eigenvalue weighted by Gasteiger charge is 2.40. The molecular weight excluding hydrogens is 238 g/mol. The fraction of sp³-hybridized carbons (Fsp3) is 0.500. The number of rotatable bonds is 2. The lowest BCUT2D eigenvalue weighted by molar-refractivity contribution is 0.446. The molecule has 0 saturated heterocycles. The van der Waals surface area contributed by atoms with Gasteiger partial charge in [0.1, 0.15) is 5.82 Å². The first-order valence-corrected chi connectivity index (χ1v) is 6.91. The largest absolute Gasteiger partial charge is 0.312 e. The molecule has 1 aliphatic heterocycles. The first-order valence-electron chi connectivity index (χ1n) is 6.91. The molecule has 3 unspecified atom stereocenters. The SMILES string of the molecule is CC1CC1c1nnc2n1CCNC2c1cccnc1. The Bertz CT molecular complexity index is 591. The summed E-state index contributed by atoms with van der Waals surface area (Å²) in [6.45, 7) is 4.21. The summed E-state index contributed by atoms with van der Waals surface area (Å²) < 4.78 is 2.31. The third-order valence-electron chi connectivity index (χ3n) is 4.21. The lowest BCUT2D eigenvalue weighted by atomic mass is 10.1. The topological polar surface area (TPSA) is 55.6 Å². The molecule has 0 spiro atoms. The minimum atomic E-state index is 0.123. The van der Waals surface area contributed by atoms with Gasteiger partial charge < -0.3 is 9.88 Å². The number of pyridine rings is 1. The van der Waals surface area contributed by atoms with E-state index in [1.54, 1.807) is 6.20 Å². The molecule has 98 valence electrons. The summed E-state index contributed by atoms with van der Waals surface area (Å²) in [6.07, 6.45) is 4.96. The van der Waals surface area contributed by atoms with Crippen LogP contribution in [0.25, 0.3) is 0 Å². The average Bonchev–Trinajstić information content (AvgIpc) is 3.02. The van der Waals surface area contributed by atoms with Crippen LogP contribution in [0.3, 0.4) is 0 Å². The molecule has 3 heterocycles. The number of aromatic nitrogens is 4. The Morgan fingerprint density at radius 1 is 1.32 bits per heavy atom. The highest BCUT2D eigenvalue weighted by molar-refractivity contribution is 5.25. The van der Waals surface area contributed by atoms with Gasteiger partial charge in [-0.1, -0.05) is 13.0 Å². The zero-order valence-corrected chi connectivity index (χ0v) is 11.0. The van der Waals surface area contributed by atoms with Gasteiger partial charge in [-0.25, -0.2) is 0 Å². The van der Waals surface area contributed by atoms with Crippen molar-refractivity contribution in [1.29, 1.82) is 0 Å². The van der Waals surface area contributed by atoms with Gasteiger partial charge in [0.2, 0.25) is 0 Å². The van der Waals surface area contributed by atoms with Crippen LogP contribution in [0.5, 0.6) is 0 Å². The van der Waals surface area contributed by atoms with Gasteiger partial charge in [0.25, 0.3) is 0 Å². The van der Waals surface area contributed by atoms with Crippen LogP contribution in [-0.4, -0.2) is 26.3 Å². The average molecular weight is 255 g/mol. The molecule has 2 aromatic rings. The maximum absolute atomic E-state index is 4.44. The Hall–Kier alpha value is -1.75. The summed E-state index contributed by atoms with van der Waals surface area (Å²) in [5.74, 6) is 3.60. The van der Waals surface area contributed by atoms with E-state index >= 15 is 0 Å². The number of hydrogen-bond donors (Lipinski definition) is 1. The summed E-state index contributed by atoms with van der Waals surface area (Å²) in [5.41, 5.74) is 1.16. The molecule has 0 radical (unpaired) electrons. The second-order valence-corrected chi connectivity index (χ2v) is 5.56. The quantitative estimate of drug-likeness (QED) is 0.883. The molecule has 0 aromatic carbocycles. The molecule has 1 N–H and O–H groups in total. The Labute approximate surface area is 112 Å². The standard InChI is InChI=1S/C14H17N5/c1-9-7-11(9)13-17-18-14-12(16-5-6-19(13)14)10-3-2-4-15-8-10/h2-4,8-9,11-12,16H,5-7H2,1H3. The number of hydrogen-bond acceptors (Lipinski definition) is 4. The highest BCUT2D eigenvalue weighted by atomic mass is 15.3. The van der Waals surface area contributed by atoms with Crippen LogP contribution in [0, 0.1) is 5.92 Å². The first-order chi connectivity index (χ1) is 9.34. The Morgan fingerprint density at radius 2 is 2.16 bits per heavy atom. The van der Waals surface area contributed by atoms with E-state index in [1.807, 2.05) is 12.3 Å². The van der Waals surface area contributed by atoms with E-state index in [0.29, 0.717) is 5.92 Å². The van der Waals surface area contributed by atoms with Crippen LogP contribution in [0.15, 0.2) is 24.5 Å². The minimum Gasteiger partial charge on any atom is -0.312 e. The highest BCUT2D eigenvalue weighted by Crippen LogP contribution is 2.46. The second-order valence-electron chi connectivity index (χ2n) is 5.56. The third kappa shape index (κ3) is 1.76. The Morgan fingerprint density at radius 3 is 2.89 bits per heavy atom. The van der Waals surface area contributed by atoms with Gasteiger partial charge >= 0.3 is 0 Å². The summed E-state index contributed by atoms with van der Waals surface area (Å²) in [4.78, 5) is 4.20. The van der Waals surface area contributed by atoms with E-state index in [4.69, 9.17) is 0 Å². The van der Waals surface area contributed by atoms with Crippen molar-refractivity contribution >= 4 is 0 Å². The third-order valence-corrected chi connectivity index (χ3v) is 4.21. The Kier molecular flexibility index (Phi) is 2.41. The van der Waals surface area contributed by atoms with Crippen molar-refractivity contribution < 1.29 is 0 Å². The van der Waals surface area contributed by atoms with Gasteiger partial charge in [-0.15, -0.1) is 10.2 Å². The summed E-state index contributed by atoms with van der Waals surface area (Å²) in [5, 5.41) is 12.4. The predicted molar refractivity (Wildman–Crippen MR) is 70.6 cm³/mol. The minimum absolute atomic E-state index is 0.123. The molecule has 1 saturated carbocycles. The van der Waals surface area contributed by atoms with Crippen LogP contribution in [0.1, 0.15) is 42.5 Å². The zero-order chi connectivity index (χ0) is 12.8. The summed E-state index contributed by atoms with van der Waals surface area (Å²) in [7, 11) is 0. The number of nitrogens with zero attached hydrogens (tertiary/aromatic N) is 4. The van der Waals surface area contributed by atoms with Crippen molar-refractivity contribution in [3.05, 3.63) is 41.7 Å². The molecule has 2 aromatic heterocycles. The molecule has 5 nitrogen and oxygen atoms in total. The van der Waals surface area contributed by atoms with Gasteiger partial charge in [0, 0.05) is 31.4 Å². The molecule has 0 bridgehead atoms. The van der Waals surface area contributed by atoms with Crippen LogP contribution in [0.4, 0.5) is 0 Å². The van der Waals surface area contributed by atoms with E-state index < -0.39 is 0 Å². The van der Waals surface area contributed by atoms with Crippen LogP contribution in [0.2, 0.25) is 0 Å². The van der Waals surface area contributed by atoms with E-state index in [-0.39, 0.29) is 6.04 Å². The van der Waals surface area contributed by atoms with Gasteiger partial charge in [-0.2, -0.15) is 0 Å². The van der Waals surface area contributed by atoms with E-state index in [9.17, 15) is 0 Å². The van der Waals surface area contributed by atoms with Crippen molar-refractivity contribution in [1.82, 2.24) is 25.1 Å². The maximum Gasteiger partial charge on any atom is 0.154 e. The monoisotopic (exact) mass is 255 g/mol. The molecule has 1 aliphatic carbocycles.